The van der Waals surface area contributed by atoms with E-state index in [1.54, 1.807) is 0 Å². The Morgan fingerprint density at radius 2 is 1.54 bits per heavy atom. The first-order chi connectivity index (χ1) is 5.43. The normalized spacial score (nSPS) is 8.38. The van der Waals surface area contributed by atoms with E-state index < -0.39 is 0 Å². The van der Waals surface area contributed by atoms with Crippen molar-refractivity contribution in [3.8, 4) is 0 Å². The highest BCUT2D eigenvalue weighted by Gasteiger charge is 1.89. The summed E-state index contributed by atoms with van der Waals surface area (Å²) in [5.74, 6) is 0. The molecular formula is C10H16Cl2O. The van der Waals surface area contributed by atoms with Crippen LogP contribution in [-0.2, 0) is 6.42 Å². The summed E-state index contributed by atoms with van der Waals surface area (Å²) in [6.07, 6.45) is 3.08. The van der Waals surface area contributed by atoms with Crippen molar-refractivity contribution in [3.63, 3.8) is 0 Å². The maximum atomic E-state index is 8.54. The molecule has 1 N–H and O–H groups in total. The molecule has 1 aromatic carbocycles. The molecule has 0 heterocycles. The minimum absolute atomic E-state index is 0. The highest BCUT2D eigenvalue weighted by atomic mass is 35.5. The minimum atomic E-state index is 0. The third-order valence-corrected chi connectivity index (χ3v) is 1.72. The van der Waals surface area contributed by atoms with E-state index in [2.05, 4.69) is 12.1 Å². The summed E-state index contributed by atoms with van der Waals surface area (Å²) in [6, 6.07) is 10.4. The zero-order valence-corrected chi connectivity index (χ0v) is 9.11. The van der Waals surface area contributed by atoms with Gasteiger partial charge < -0.3 is 5.11 Å². The van der Waals surface area contributed by atoms with Crippen molar-refractivity contribution >= 4 is 24.8 Å². The molecule has 0 unspecified atom stereocenters. The van der Waals surface area contributed by atoms with Gasteiger partial charge in [0.2, 0.25) is 0 Å². The number of aryl methyl sites for hydroxylation is 1. The number of benzene rings is 1. The number of hydrogen-bond donors (Lipinski definition) is 1. The van der Waals surface area contributed by atoms with Crippen molar-refractivity contribution in [1.29, 1.82) is 0 Å². The van der Waals surface area contributed by atoms with E-state index in [1.165, 1.54) is 5.56 Å². The van der Waals surface area contributed by atoms with Gasteiger partial charge in [0.05, 0.1) is 0 Å². The van der Waals surface area contributed by atoms with Crippen LogP contribution in [0.3, 0.4) is 0 Å². The van der Waals surface area contributed by atoms with Crippen LogP contribution in [0.1, 0.15) is 18.4 Å². The lowest BCUT2D eigenvalue weighted by molar-refractivity contribution is 0.284. The molecule has 0 aromatic heterocycles. The van der Waals surface area contributed by atoms with E-state index in [0.29, 0.717) is 6.61 Å². The zero-order valence-electron chi connectivity index (χ0n) is 7.48. The lowest BCUT2D eigenvalue weighted by Gasteiger charge is -1.97. The van der Waals surface area contributed by atoms with Crippen LogP contribution in [0.5, 0.6) is 0 Å². The van der Waals surface area contributed by atoms with Gasteiger partial charge in [0.15, 0.2) is 0 Å². The second-order valence-corrected chi connectivity index (χ2v) is 2.67. The number of rotatable bonds is 4. The van der Waals surface area contributed by atoms with Gasteiger partial charge in [0, 0.05) is 6.61 Å². The smallest absolute Gasteiger partial charge is 0.0431 e. The fourth-order valence-electron chi connectivity index (χ4n) is 1.09. The highest BCUT2D eigenvalue weighted by molar-refractivity contribution is 5.85. The Balaban J connectivity index is 0. The van der Waals surface area contributed by atoms with Crippen LogP contribution < -0.4 is 0 Å². The molecule has 76 valence electrons. The average Bonchev–Trinajstić information content (AvgIpc) is 2.07. The van der Waals surface area contributed by atoms with E-state index in [-0.39, 0.29) is 24.8 Å². The van der Waals surface area contributed by atoms with Gasteiger partial charge in [0.1, 0.15) is 0 Å². The minimum Gasteiger partial charge on any atom is -0.396 e. The number of unbranched alkanes of at least 4 members (excludes halogenated alkanes) is 1. The van der Waals surface area contributed by atoms with E-state index >= 15 is 0 Å². The summed E-state index contributed by atoms with van der Waals surface area (Å²) < 4.78 is 0. The molecule has 0 aliphatic heterocycles. The highest BCUT2D eigenvalue weighted by Crippen LogP contribution is 2.03. The molecule has 0 saturated carbocycles. The van der Waals surface area contributed by atoms with Gasteiger partial charge in [-0.1, -0.05) is 30.3 Å². The quantitative estimate of drug-likeness (QED) is 0.778. The molecule has 0 aliphatic carbocycles. The van der Waals surface area contributed by atoms with Gasteiger partial charge in [-0.05, 0) is 24.8 Å². The lowest BCUT2D eigenvalue weighted by Crippen LogP contribution is -1.87. The van der Waals surface area contributed by atoms with Crippen LogP contribution in [0.15, 0.2) is 30.3 Å². The Kier molecular flexibility index (Phi) is 11.5. The Labute approximate surface area is 92.0 Å². The monoisotopic (exact) mass is 222 g/mol. The van der Waals surface area contributed by atoms with Gasteiger partial charge in [-0.15, -0.1) is 24.8 Å². The van der Waals surface area contributed by atoms with Crippen molar-refractivity contribution in [3.05, 3.63) is 35.9 Å². The molecule has 1 aromatic rings. The molecule has 13 heavy (non-hydrogen) atoms. The van der Waals surface area contributed by atoms with E-state index in [1.807, 2.05) is 18.2 Å². The first-order valence-electron chi connectivity index (χ1n) is 4.08. The molecule has 0 aliphatic rings. The molecule has 0 radical (unpaired) electrons. The van der Waals surface area contributed by atoms with Crippen LogP contribution >= 0.6 is 24.8 Å². The molecular weight excluding hydrogens is 207 g/mol. The van der Waals surface area contributed by atoms with Gasteiger partial charge in [-0.25, -0.2) is 0 Å². The largest absolute Gasteiger partial charge is 0.396 e. The molecule has 0 saturated heterocycles. The first-order valence-corrected chi connectivity index (χ1v) is 4.08. The van der Waals surface area contributed by atoms with Gasteiger partial charge >= 0.3 is 0 Å². The fraction of sp³-hybridized carbons (Fsp3) is 0.400. The van der Waals surface area contributed by atoms with Gasteiger partial charge in [-0.2, -0.15) is 0 Å². The molecule has 1 nitrogen and oxygen atoms in total. The number of aliphatic hydroxyl groups excluding tert-OH is 1. The van der Waals surface area contributed by atoms with Crippen molar-refractivity contribution < 1.29 is 5.11 Å². The molecule has 0 atom stereocenters. The predicted octanol–water partition coefficient (Wildman–Crippen LogP) is 2.85. The summed E-state index contributed by atoms with van der Waals surface area (Å²) in [5.41, 5.74) is 1.36. The number of halogens is 2. The number of hydrogen-bond acceptors (Lipinski definition) is 1. The van der Waals surface area contributed by atoms with Crippen LogP contribution in [0.25, 0.3) is 0 Å². The van der Waals surface area contributed by atoms with Crippen LogP contribution in [0, 0.1) is 0 Å². The summed E-state index contributed by atoms with van der Waals surface area (Å²) >= 11 is 0. The fourth-order valence-corrected chi connectivity index (χ4v) is 1.09. The SMILES string of the molecule is Cl.Cl.OCCCCc1ccccc1. The second kappa shape index (κ2) is 9.85. The molecule has 3 heteroatoms. The van der Waals surface area contributed by atoms with Crippen molar-refractivity contribution in [2.75, 3.05) is 6.61 Å². The molecule has 0 spiro atoms. The van der Waals surface area contributed by atoms with Crippen molar-refractivity contribution in [2.45, 2.75) is 19.3 Å². The van der Waals surface area contributed by atoms with Gasteiger partial charge in [-0.3, -0.25) is 0 Å². The molecule has 0 bridgehead atoms. The van der Waals surface area contributed by atoms with Crippen LogP contribution in [0.2, 0.25) is 0 Å². The third kappa shape index (κ3) is 6.88. The summed E-state index contributed by atoms with van der Waals surface area (Å²) in [7, 11) is 0. The lowest BCUT2D eigenvalue weighted by atomic mass is 10.1. The first kappa shape index (κ1) is 15.2. The van der Waals surface area contributed by atoms with Crippen molar-refractivity contribution in [1.82, 2.24) is 0 Å². The standard InChI is InChI=1S/C10H14O.2ClH/c11-9-5-4-8-10-6-2-1-3-7-10;;/h1-3,6-7,11H,4-5,8-9H2;2*1H. The summed E-state index contributed by atoms with van der Waals surface area (Å²) in [5, 5.41) is 8.54. The Hall–Kier alpha value is -0.240. The summed E-state index contributed by atoms with van der Waals surface area (Å²) in [4.78, 5) is 0. The Bertz CT molecular complexity index is 189. The van der Waals surface area contributed by atoms with Crippen LogP contribution in [0.4, 0.5) is 0 Å². The van der Waals surface area contributed by atoms with E-state index in [4.69, 9.17) is 5.11 Å². The van der Waals surface area contributed by atoms with E-state index in [0.717, 1.165) is 19.3 Å². The average molecular weight is 223 g/mol. The third-order valence-electron chi connectivity index (χ3n) is 1.72. The Morgan fingerprint density at radius 1 is 0.923 bits per heavy atom. The second-order valence-electron chi connectivity index (χ2n) is 2.67. The zero-order chi connectivity index (χ0) is 7.94. The van der Waals surface area contributed by atoms with Crippen LogP contribution in [-0.4, -0.2) is 11.7 Å². The van der Waals surface area contributed by atoms with Crippen molar-refractivity contribution in [2.24, 2.45) is 0 Å². The number of aliphatic hydroxyl groups is 1. The summed E-state index contributed by atoms with van der Waals surface area (Å²) in [6.45, 7) is 0.312. The predicted molar refractivity (Wildman–Crippen MR) is 61.0 cm³/mol. The molecule has 1 rings (SSSR count). The molecule has 0 fully saturated rings. The van der Waals surface area contributed by atoms with Gasteiger partial charge in [0.25, 0.3) is 0 Å². The topological polar surface area (TPSA) is 20.2 Å². The maximum absolute atomic E-state index is 8.54. The Morgan fingerprint density at radius 3 is 2.08 bits per heavy atom. The van der Waals surface area contributed by atoms with E-state index in [9.17, 15) is 0 Å². The molecule has 0 amide bonds. The maximum Gasteiger partial charge on any atom is 0.0431 e.